The molecule has 2 N–H and O–H groups in total. The molecule has 6 heteroatoms. The summed E-state index contributed by atoms with van der Waals surface area (Å²) in [5, 5.41) is 0.690. The third-order valence-electron chi connectivity index (χ3n) is 3.26. The lowest BCUT2D eigenvalue weighted by molar-refractivity contribution is 0.0669. The van der Waals surface area contributed by atoms with Gasteiger partial charge in [-0.25, -0.2) is 0 Å². The van der Waals surface area contributed by atoms with Crippen LogP contribution in [0.25, 0.3) is 0 Å². The predicted octanol–water partition coefficient (Wildman–Crippen LogP) is 1.67. The van der Waals surface area contributed by atoms with Gasteiger partial charge in [0, 0.05) is 25.2 Å². The van der Waals surface area contributed by atoms with Crippen LogP contribution in [0.5, 0.6) is 0 Å². The normalized spacial score (nSPS) is 18.1. The fourth-order valence-corrected chi connectivity index (χ4v) is 2.29. The first kappa shape index (κ1) is 15.1. The number of hydrogen-bond acceptors (Lipinski definition) is 3. The molecule has 1 fully saturated rings. The number of hydrogen-bond donors (Lipinski definition) is 1. The van der Waals surface area contributed by atoms with Crippen molar-refractivity contribution in [2.24, 2.45) is 10.7 Å². The van der Waals surface area contributed by atoms with Gasteiger partial charge in [0.05, 0.1) is 19.8 Å². The van der Waals surface area contributed by atoms with Crippen LogP contribution in [-0.4, -0.2) is 50.8 Å². The van der Waals surface area contributed by atoms with Crippen molar-refractivity contribution in [3.8, 4) is 0 Å². The van der Waals surface area contributed by atoms with Crippen molar-refractivity contribution in [2.45, 2.75) is 6.10 Å². The van der Waals surface area contributed by atoms with E-state index in [1.165, 1.54) is 0 Å². The number of morpholine rings is 1. The van der Waals surface area contributed by atoms with Crippen LogP contribution >= 0.6 is 11.6 Å². The standard InChI is InChI=1S/C14H20ClN3O2/c1-19-13(11-3-2-4-12(15)9-11)10-17-14(16)18-5-7-20-8-6-18/h2-4,9,13H,5-8,10H2,1H3,(H2,16,17)/t13-/m1/s1. The number of halogens is 1. The fraction of sp³-hybridized carbons (Fsp3) is 0.500. The van der Waals surface area contributed by atoms with E-state index in [2.05, 4.69) is 4.99 Å². The molecule has 20 heavy (non-hydrogen) atoms. The van der Waals surface area contributed by atoms with Gasteiger partial charge in [0.2, 0.25) is 0 Å². The van der Waals surface area contributed by atoms with E-state index in [4.69, 9.17) is 26.8 Å². The average molecular weight is 298 g/mol. The van der Waals surface area contributed by atoms with Crippen LogP contribution in [0.15, 0.2) is 29.3 Å². The number of nitrogens with zero attached hydrogens (tertiary/aromatic N) is 2. The minimum absolute atomic E-state index is 0.145. The molecule has 0 saturated carbocycles. The largest absolute Gasteiger partial charge is 0.378 e. The van der Waals surface area contributed by atoms with Gasteiger partial charge in [-0.05, 0) is 17.7 Å². The molecule has 1 saturated heterocycles. The van der Waals surface area contributed by atoms with E-state index < -0.39 is 0 Å². The Hall–Kier alpha value is -1.30. The summed E-state index contributed by atoms with van der Waals surface area (Å²) in [6, 6.07) is 7.60. The van der Waals surface area contributed by atoms with Gasteiger partial charge in [0.15, 0.2) is 5.96 Å². The zero-order chi connectivity index (χ0) is 14.4. The number of nitrogens with two attached hydrogens (primary N) is 1. The number of methoxy groups -OCH3 is 1. The van der Waals surface area contributed by atoms with Gasteiger partial charge in [-0.15, -0.1) is 0 Å². The number of benzene rings is 1. The minimum atomic E-state index is -0.145. The molecule has 1 heterocycles. The number of aliphatic imine (C=N–C) groups is 1. The van der Waals surface area contributed by atoms with Crippen LogP contribution in [0, 0.1) is 0 Å². The number of guanidine groups is 1. The molecule has 0 unspecified atom stereocenters. The van der Waals surface area contributed by atoms with Crippen molar-refractivity contribution in [3.05, 3.63) is 34.9 Å². The zero-order valence-corrected chi connectivity index (χ0v) is 12.3. The third kappa shape index (κ3) is 4.10. The topological polar surface area (TPSA) is 60.1 Å². The summed E-state index contributed by atoms with van der Waals surface area (Å²) in [4.78, 5) is 6.44. The molecule has 5 nitrogen and oxygen atoms in total. The molecule has 1 aromatic rings. The van der Waals surface area contributed by atoms with Gasteiger partial charge in [-0.3, -0.25) is 4.99 Å². The Bertz CT molecular complexity index is 461. The number of ether oxygens (including phenoxy) is 2. The van der Waals surface area contributed by atoms with E-state index in [9.17, 15) is 0 Å². The van der Waals surface area contributed by atoms with Crippen LogP contribution in [0.2, 0.25) is 5.02 Å². The average Bonchev–Trinajstić information content (AvgIpc) is 2.48. The quantitative estimate of drug-likeness (QED) is 0.678. The van der Waals surface area contributed by atoms with Crippen molar-refractivity contribution < 1.29 is 9.47 Å². The van der Waals surface area contributed by atoms with Gasteiger partial charge in [-0.2, -0.15) is 0 Å². The first-order valence-electron chi connectivity index (χ1n) is 6.61. The summed E-state index contributed by atoms with van der Waals surface area (Å²) in [5.41, 5.74) is 7.00. The second-order valence-corrected chi connectivity index (χ2v) is 5.01. The summed E-state index contributed by atoms with van der Waals surface area (Å²) in [6.07, 6.45) is -0.145. The lowest BCUT2D eigenvalue weighted by Gasteiger charge is -2.27. The van der Waals surface area contributed by atoms with Crippen molar-refractivity contribution in [1.82, 2.24) is 4.90 Å². The lowest BCUT2D eigenvalue weighted by Crippen LogP contribution is -2.45. The zero-order valence-electron chi connectivity index (χ0n) is 11.6. The number of rotatable bonds is 4. The monoisotopic (exact) mass is 297 g/mol. The first-order valence-corrected chi connectivity index (χ1v) is 6.99. The van der Waals surface area contributed by atoms with Crippen molar-refractivity contribution >= 4 is 17.6 Å². The Balaban J connectivity index is 1.99. The molecule has 110 valence electrons. The molecule has 0 radical (unpaired) electrons. The molecule has 1 aliphatic heterocycles. The Labute approximate surface area is 124 Å². The molecular weight excluding hydrogens is 278 g/mol. The summed E-state index contributed by atoms with van der Waals surface area (Å²) in [7, 11) is 1.66. The van der Waals surface area contributed by atoms with Gasteiger partial charge >= 0.3 is 0 Å². The molecule has 1 aliphatic rings. The van der Waals surface area contributed by atoms with Gasteiger partial charge in [0.1, 0.15) is 6.10 Å². The van der Waals surface area contributed by atoms with E-state index in [1.807, 2.05) is 29.2 Å². The molecule has 0 aromatic heterocycles. The molecule has 0 amide bonds. The van der Waals surface area contributed by atoms with Crippen LogP contribution in [0.3, 0.4) is 0 Å². The van der Waals surface area contributed by atoms with E-state index in [1.54, 1.807) is 7.11 Å². The van der Waals surface area contributed by atoms with Crippen molar-refractivity contribution in [1.29, 1.82) is 0 Å². The summed E-state index contributed by atoms with van der Waals surface area (Å²) in [5.74, 6) is 0.539. The summed E-state index contributed by atoms with van der Waals surface area (Å²) >= 11 is 5.99. The fourth-order valence-electron chi connectivity index (χ4n) is 2.09. The van der Waals surface area contributed by atoms with E-state index in [-0.39, 0.29) is 6.10 Å². The van der Waals surface area contributed by atoms with Crippen LogP contribution in [-0.2, 0) is 9.47 Å². The highest BCUT2D eigenvalue weighted by Gasteiger charge is 2.14. The second-order valence-electron chi connectivity index (χ2n) is 4.58. The minimum Gasteiger partial charge on any atom is -0.378 e. The molecule has 1 atom stereocenters. The third-order valence-corrected chi connectivity index (χ3v) is 3.49. The maximum atomic E-state index is 6.00. The SMILES string of the molecule is CO[C@H](CN=C(N)N1CCOCC1)c1cccc(Cl)c1. The molecule has 0 bridgehead atoms. The van der Waals surface area contributed by atoms with Crippen LogP contribution in [0.4, 0.5) is 0 Å². The second kappa shape index (κ2) is 7.47. The summed E-state index contributed by atoms with van der Waals surface area (Å²) < 4.78 is 10.8. The molecule has 1 aromatic carbocycles. The Morgan fingerprint density at radius 1 is 1.50 bits per heavy atom. The van der Waals surface area contributed by atoms with E-state index in [0.29, 0.717) is 30.7 Å². The Morgan fingerprint density at radius 2 is 2.25 bits per heavy atom. The van der Waals surface area contributed by atoms with Gasteiger partial charge < -0.3 is 20.1 Å². The molecule has 0 spiro atoms. The van der Waals surface area contributed by atoms with E-state index in [0.717, 1.165) is 18.7 Å². The molecule has 2 rings (SSSR count). The van der Waals surface area contributed by atoms with Gasteiger partial charge in [0.25, 0.3) is 0 Å². The van der Waals surface area contributed by atoms with Gasteiger partial charge in [-0.1, -0.05) is 23.7 Å². The summed E-state index contributed by atoms with van der Waals surface area (Å²) in [6.45, 7) is 3.42. The maximum Gasteiger partial charge on any atom is 0.191 e. The maximum absolute atomic E-state index is 6.00. The molecular formula is C14H20ClN3O2. The highest BCUT2D eigenvalue weighted by atomic mass is 35.5. The first-order chi connectivity index (χ1) is 9.70. The Morgan fingerprint density at radius 3 is 2.90 bits per heavy atom. The highest BCUT2D eigenvalue weighted by Crippen LogP contribution is 2.20. The van der Waals surface area contributed by atoms with Crippen molar-refractivity contribution in [3.63, 3.8) is 0 Å². The van der Waals surface area contributed by atoms with Crippen LogP contribution < -0.4 is 5.73 Å². The lowest BCUT2D eigenvalue weighted by atomic mass is 10.1. The molecule has 0 aliphatic carbocycles. The smallest absolute Gasteiger partial charge is 0.191 e. The van der Waals surface area contributed by atoms with E-state index >= 15 is 0 Å². The highest BCUT2D eigenvalue weighted by molar-refractivity contribution is 6.30. The Kier molecular flexibility index (Phi) is 5.64. The predicted molar refractivity (Wildman–Crippen MR) is 80.1 cm³/mol. The van der Waals surface area contributed by atoms with Crippen molar-refractivity contribution in [2.75, 3.05) is 40.0 Å². The van der Waals surface area contributed by atoms with Crippen LogP contribution in [0.1, 0.15) is 11.7 Å².